The molecule has 0 heterocycles. The molecule has 0 atom stereocenters. The zero-order valence-electron chi connectivity index (χ0n) is 11.2. The van der Waals surface area contributed by atoms with Gasteiger partial charge in [-0.05, 0) is 42.8 Å². The van der Waals surface area contributed by atoms with Crippen molar-refractivity contribution < 1.29 is 0 Å². The van der Waals surface area contributed by atoms with E-state index in [0.29, 0.717) is 0 Å². The van der Waals surface area contributed by atoms with Crippen LogP contribution in [-0.2, 0) is 0 Å². The predicted molar refractivity (Wildman–Crippen MR) is 89.3 cm³/mol. The van der Waals surface area contributed by atoms with Crippen LogP contribution in [0.25, 0.3) is 45.5 Å². The van der Waals surface area contributed by atoms with E-state index in [9.17, 15) is 0 Å². The van der Waals surface area contributed by atoms with Crippen molar-refractivity contribution in [2.24, 2.45) is 0 Å². The van der Waals surface area contributed by atoms with E-state index in [1.54, 1.807) is 0 Å². The largest absolute Gasteiger partial charge is 0.0911 e. The average molecular weight is 254 g/mol. The van der Waals surface area contributed by atoms with E-state index in [0.717, 1.165) is 10.4 Å². The van der Waals surface area contributed by atoms with Crippen LogP contribution in [0.4, 0.5) is 0 Å². The van der Waals surface area contributed by atoms with Crippen molar-refractivity contribution in [2.75, 3.05) is 0 Å². The number of benzene rings is 4. The highest BCUT2D eigenvalue weighted by Gasteiger charge is 2.05. The molecule has 94 valence electrons. The minimum absolute atomic E-state index is 1.08. The molecular weight excluding hydrogens is 240 g/mol. The SMILES string of the molecule is C=c1cccc2ccc3c(ccc4cccc(=C)c43)c12. The van der Waals surface area contributed by atoms with Gasteiger partial charge in [0.25, 0.3) is 0 Å². The first-order valence-electron chi connectivity index (χ1n) is 6.77. The molecule has 0 aliphatic carbocycles. The van der Waals surface area contributed by atoms with Crippen LogP contribution in [0.2, 0.25) is 0 Å². The van der Waals surface area contributed by atoms with Gasteiger partial charge in [-0.15, -0.1) is 0 Å². The minimum atomic E-state index is 1.08. The molecule has 0 aromatic heterocycles. The van der Waals surface area contributed by atoms with Crippen LogP contribution in [0, 0.1) is 0 Å². The lowest BCUT2D eigenvalue weighted by Gasteiger charge is -2.08. The summed E-state index contributed by atoms with van der Waals surface area (Å²) >= 11 is 0. The zero-order valence-corrected chi connectivity index (χ0v) is 11.2. The van der Waals surface area contributed by atoms with Crippen molar-refractivity contribution in [3.05, 3.63) is 71.1 Å². The average Bonchev–Trinajstić information content (AvgIpc) is 2.47. The Kier molecular flexibility index (Phi) is 2.22. The lowest BCUT2D eigenvalue weighted by Crippen LogP contribution is -2.01. The van der Waals surface area contributed by atoms with Crippen LogP contribution in [0.3, 0.4) is 0 Å². The third-order valence-corrected chi connectivity index (χ3v) is 4.05. The molecule has 0 fully saturated rings. The van der Waals surface area contributed by atoms with Gasteiger partial charge in [0.05, 0.1) is 0 Å². The van der Waals surface area contributed by atoms with Gasteiger partial charge in [0.1, 0.15) is 0 Å². The topological polar surface area (TPSA) is 0 Å². The van der Waals surface area contributed by atoms with Gasteiger partial charge in [-0.2, -0.15) is 0 Å². The van der Waals surface area contributed by atoms with E-state index < -0.39 is 0 Å². The predicted octanol–water partition coefficient (Wildman–Crippen LogP) is 3.97. The standard InChI is InChI=1S/C20H14/c1-13-5-3-7-15-9-12-18-17(19(13)15)11-10-16-8-4-6-14(2)20(16)18/h3-12H,1-2H2. The Labute approximate surface area is 117 Å². The number of hydrogen-bond donors (Lipinski definition) is 0. The maximum Gasteiger partial charge on any atom is -0.00386 e. The lowest BCUT2D eigenvalue weighted by molar-refractivity contribution is 1.70. The molecule has 4 aromatic carbocycles. The fourth-order valence-corrected chi connectivity index (χ4v) is 3.14. The summed E-state index contributed by atoms with van der Waals surface area (Å²) in [6, 6.07) is 21.3. The molecule has 0 aliphatic heterocycles. The summed E-state index contributed by atoms with van der Waals surface area (Å²) in [6.07, 6.45) is 0. The van der Waals surface area contributed by atoms with E-state index in [2.05, 4.69) is 73.8 Å². The maximum absolute atomic E-state index is 4.19. The van der Waals surface area contributed by atoms with Gasteiger partial charge >= 0.3 is 0 Å². The first-order valence-corrected chi connectivity index (χ1v) is 6.77. The van der Waals surface area contributed by atoms with Crippen LogP contribution in [0.15, 0.2) is 60.7 Å². The van der Waals surface area contributed by atoms with Crippen molar-refractivity contribution in [1.82, 2.24) is 0 Å². The van der Waals surface area contributed by atoms with Gasteiger partial charge in [-0.1, -0.05) is 73.8 Å². The molecule has 0 amide bonds. The Bertz CT molecular complexity index is 983. The summed E-state index contributed by atoms with van der Waals surface area (Å²) in [5.74, 6) is 0. The van der Waals surface area contributed by atoms with Crippen LogP contribution in [-0.4, -0.2) is 0 Å². The normalized spacial score (nSPS) is 11.4. The lowest BCUT2D eigenvalue weighted by atomic mass is 9.95. The quantitative estimate of drug-likeness (QED) is 0.417. The summed E-state index contributed by atoms with van der Waals surface area (Å²) in [6.45, 7) is 8.37. The number of fused-ring (bicyclic) bond motifs is 5. The molecule has 0 heteroatoms. The zero-order chi connectivity index (χ0) is 13.7. The highest BCUT2D eigenvalue weighted by molar-refractivity contribution is 6.17. The molecule has 0 spiro atoms. The molecule has 0 nitrogen and oxygen atoms in total. The Balaban J connectivity index is 2.41. The second kappa shape index (κ2) is 3.94. The van der Waals surface area contributed by atoms with Crippen molar-refractivity contribution in [1.29, 1.82) is 0 Å². The first kappa shape index (κ1) is 11.2. The van der Waals surface area contributed by atoms with Gasteiger partial charge in [-0.25, -0.2) is 0 Å². The van der Waals surface area contributed by atoms with Gasteiger partial charge in [0.2, 0.25) is 0 Å². The van der Waals surface area contributed by atoms with Crippen LogP contribution in [0.5, 0.6) is 0 Å². The molecule has 0 unspecified atom stereocenters. The molecule has 0 bridgehead atoms. The minimum Gasteiger partial charge on any atom is -0.0911 e. The number of rotatable bonds is 0. The van der Waals surface area contributed by atoms with Gasteiger partial charge < -0.3 is 0 Å². The van der Waals surface area contributed by atoms with E-state index in [1.807, 2.05) is 0 Å². The maximum atomic E-state index is 4.19. The summed E-state index contributed by atoms with van der Waals surface area (Å²) < 4.78 is 0. The highest BCUT2D eigenvalue weighted by atomic mass is 14.1. The van der Waals surface area contributed by atoms with Crippen molar-refractivity contribution >= 4 is 45.5 Å². The first-order chi connectivity index (χ1) is 9.75. The summed E-state index contributed by atoms with van der Waals surface area (Å²) in [5.41, 5.74) is 0. The second-order valence-corrected chi connectivity index (χ2v) is 5.26. The van der Waals surface area contributed by atoms with Gasteiger partial charge in [0.15, 0.2) is 0 Å². The third-order valence-electron chi connectivity index (χ3n) is 4.05. The van der Waals surface area contributed by atoms with Gasteiger partial charge in [0, 0.05) is 0 Å². The van der Waals surface area contributed by atoms with E-state index in [-0.39, 0.29) is 0 Å². The Morgan fingerprint density at radius 3 is 1.40 bits per heavy atom. The van der Waals surface area contributed by atoms with Gasteiger partial charge in [-0.3, -0.25) is 0 Å². The monoisotopic (exact) mass is 254 g/mol. The highest BCUT2D eigenvalue weighted by Crippen LogP contribution is 2.27. The molecule has 0 N–H and O–H groups in total. The molecule has 0 radical (unpaired) electrons. The summed E-state index contributed by atoms with van der Waals surface area (Å²) in [7, 11) is 0. The molecule has 4 aromatic rings. The molecular formula is C20H14. The Hall–Kier alpha value is -2.60. The Morgan fingerprint density at radius 2 is 0.950 bits per heavy atom. The molecule has 20 heavy (non-hydrogen) atoms. The Morgan fingerprint density at radius 1 is 0.500 bits per heavy atom. The van der Waals surface area contributed by atoms with Crippen molar-refractivity contribution in [3.63, 3.8) is 0 Å². The van der Waals surface area contributed by atoms with Crippen LogP contribution >= 0.6 is 0 Å². The van der Waals surface area contributed by atoms with E-state index in [1.165, 1.54) is 32.3 Å². The third kappa shape index (κ3) is 1.42. The summed E-state index contributed by atoms with van der Waals surface area (Å²) in [4.78, 5) is 0. The molecule has 0 aliphatic rings. The number of hydrogen-bond acceptors (Lipinski definition) is 0. The van der Waals surface area contributed by atoms with Crippen molar-refractivity contribution in [2.45, 2.75) is 0 Å². The molecule has 0 saturated heterocycles. The summed E-state index contributed by atoms with van der Waals surface area (Å²) in [5, 5.41) is 9.65. The van der Waals surface area contributed by atoms with Crippen molar-refractivity contribution in [3.8, 4) is 0 Å². The van der Waals surface area contributed by atoms with E-state index in [4.69, 9.17) is 0 Å². The molecule has 0 saturated carbocycles. The molecule has 4 rings (SSSR count). The fourth-order valence-electron chi connectivity index (χ4n) is 3.14. The van der Waals surface area contributed by atoms with Crippen LogP contribution < -0.4 is 10.4 Å². The fraction of sp³-hybridized carbons (Fsp3) is 0. The van der Waals surface area contributed by atoms with E-state index >= 15 is 0 Å². The van der Waals surface area contributed by atoms with Crippen LogP contribution in [0.1, 0.15) is 0 Å². The smallest absolute Gasteiger partial charge is 0.00386 e. The second-order valence-electron chi connectivity index (χ2n) is 5.26.